The number of thiophene rings is 1. The topological polar surface area (TPSA) is 91.4 Å². The van der Waals surface area contributed by atoms with Crippen LogP contribution in [0, 0.1) is 0 Å². The van der Waals surface area contributed by atoms with Crippen molar-refractivity contribution in [2.45, 2.75) is 29.6 Å². The molecular formula is C20H21ClN4O3S3. The molecule has 0 bridgehead atoms. The van der Waals surface area contributed by atoms with Crippen LogP contribution < -0.4 is 10.6 Å². The summed E-state index contributed by atoms with van der Waals surface area (Å²) in [5.74, 6) is -0.232. The molecule has 3 heterocycles. The molecule has 1 saturated heterocycles. The van der Waals surface area contributed by atoms with E-state index in [9.17, 15) is 13.2 Å². The summed E-state index contributed by atoms with van der Waals surface area (Å²) < 4.78 is 27.9. The number of nitrogens with zero attached hydrogens (tertiary/aromatic N) is 2. The van der Waals surface area contributed by atoms with Crippen molar-refractivity contribution in [1.29, 1.82) is 0 Å². The lowest BCUT2D eigenvalue weighted by Crippen LogP contribution is -2.42. The van der Waals surface area contributed by atoms with Gasteiger partial charge in [-0.15, -0.1) is 22.7 Å². The highest BCUT2D eigenvalue weighted by molar-refractivity contribution is 7.91. The number of thiazole rings is 1. The summed E-state index contributed by atoms with van der Waals surface area (Å²) in [5.41, 5.74) is 0.503. The van der Waals surface area contributed by atoms with E-state index in [4.69, 9.17) is 11.6 Å². The molecule has 11 heteroatoms. The highest BCUT2D eigenvalue weighted by Gasteiger charge is 2.30. The maximum atomic E-state index is 13.0. The third-order valence-corrected chi connectivity index (χ3v) is 9.38. The monoisotopic (exact) mass is 496 g/mol. The van der Waals surface area contributed by atoms with E-state index in [-0.39, 0.29) is 18.5 Å². The average Bonchev–Trinajstić information content (AvgIpc) is 3.45. The Morgan fingerprint density at radius 3 is 2.58 bits per heavy atom. The van der Waals surface area contributed by atoms with E-state index in [1.165, 1.54) is 15.6 Å². The summed E-state index contributed by atoms with van der Waals surface area (Å²) in [6, 6.07) is 10.2. The van der Waals surface area contributed by atoms with Crippen molar-refractivity contribution in [2.24, 2.45) is 0 Å². The first-order valence-corrected chi connectivity index (χ1v) is 13.2. The Morgan fingerprint density at radius 2 is 1.90 bits per heavy atom. The van der Waals surface area contributed by atoms with Crippen molar-refractivity contribution in [3.63, 3.8) is 0 Å². The lowest BCUT2D eigenvalue weighted by atomic mass is 10.1. The predicted octanol–water partition coefficient (Wildman–Crippen LogP) is 4.05. The summed E-state index contributed by atoms with van der Waals surface area (Å²) in [6.07, 6.45) is 3.21. The minimum absolute atomic E-state index is 0.222. The first-order chi connectivity index (χ1) is 14.9. The minimum atomic E-state index is -3.54. The van der Waals surface area contributed by atoms with Crippen LogP contribution in [0.1, 0.15) is 28.1 Å². The van der Waals surface area contributed by atoms with E-state index in [2.05, 4.69) is 15.6 Å². The molecule has 7 nitrogen and oxygen atoms in total. The van der Waals surface area contributed by atoms with Crippen molar-refractivity contribution in [1.82, 2.24) is 14.6 Å². The quantitative estimate of drug-likeness (QED) is 0.514. The van der Waals surface area contributed by atoms with Crippen LogP contribution >= 0.6 is 34.3 Å². The summed E-state index contributed by atoms with van der Waals surface area (Å²) in [4.78, 5) is 17.2. The fourth-order valence-corrected chi connectivity index (χ4v) is 6.95. The molecule has 1 aliphatic heterocycles. The van der Waals surface area contributed by atoms with Crippen LogP contribution in [0.5, 0.6) is 0 Å². The number of benzene rings is 1. The zero-order chi connectivity index (χ0) is 21.8. The highest BCUT2D eigenvalue weighted by atomic mass is 35.5. The number of amides is 1. The molecule has 0 spiro atoms. The average molecular weight is 497 g/mol. The zero-order valence-electron chi connectivity index (χ0n) is 16.5. The number of aromatic nitrogens is 1. The van der Waals surface area contributed by atoms with Gasteiger partial charge in [-0.25, -0.2) is 13.4 Å². The molecule has 164 valence electrons. The van der Waals surface area contributed by atoms with Gasteiger partial charge in [0, 0.05) is 46.2 Å². The van der Waals surface area contributed by atoms with E-state index < -0.39 is 10.0 Å². The van der Waals surface area contributed by atoms with Gasteiger partial charge in [0.1, 0.15) is 4.21 Å². The Labute approximate surface area is 194 Å². The maximum Gasteiger partial charge on any atom is 0.252 e. The maximum absolute atomic E-state index is 13.0. The van der Waals surface area contributed by atoms with Gasteiger partial charge in [-0.05, 0) is 49.2 Å². The first-order valence-electron chi connectivity index (χ1n) is 9.70. The van der Waals surface area contributed by atoms with Gasteiger partial charge in [0.2, 0.25) is 0 Å². The number of hydrogen-bond acceptors (Lipinski definition) is 7. The number of anilines is 1. The van der Waals surface area contributed by atoms with Crippen molar-refractivity contribution in [3.8, 4) is 0 Å². The number of carbonyl (C=O) groups is 1. The van der Waals surface area contributed by atoms with Gasteiger partial charge in [-0.2, -0.15) is 4.31 Å². The van der Waals surface area contributed by atoms with Crippen LogP contribution in [0.2, 0.25) is 5.02 Å². The molecule has 1 amide bonds. The Balaban J connectivity index is 1.32. The first kappa shape index (κ1) is 22.2. The van der Waals surface area contributed by atoms with Gasteiger partial charge >= 0.3 is 0 Å². The van der Waals surface area contributed by atoms with Crippen molar-refractivity contribution in [2.75, 3.05) is 18.4 Å². The normalized spacial score (nSPS) is 15.6. The second kappa shape index (κ2) is 9.66. The van der Waals surface area contributed by atoms with Gasteiger partial charge < -0.3 is 10.6 Å². The van der Waals surface area contributed by atoms with Crippen LogP contribution in [0.15, 0.2) is 52.2 Å². The van der Waals surface area contributed by atoms with Gasteiger partial charge in [0.25, 0.3) is 15.9 Å². The second-order valence-corrected chi connectivity index (χ2v) is 11.7. The number of halogens is 1. The molecule has 1 aromatic carbocycles. The van der Waals surface area contributed by atoms with E-state index in [0.29, 0.717) is 27.9 Å². The van der Waals surface area contributed by atoms with E-state index in [0.717, 1.165) is 22.9 Å². The summed E-state index contributed by atoms with van der Waals surface area (Å²) in [5, 5.41) is 9.51. The molecule has 1 aliphatic rings. The lowest BCUT2D eigenvalue weighted by molar-refractivity contribution is 0.0951. The van der Waals surface area contributed by atoms with Crippen molar-refractivity contribution < 1.29 is 13.2 Å². The number of rotatable bonds is 7. The van der Waals surface area contributed by atoms with Crippen LogP contribution in [-0.4, -0.2) is 42.7 Å². The smallest absolute Gasteiger partial charge is 0.252 e. The highest BCUT2D eigenvalue weighted by Crippen LogP contribution is 2.28. The van der Waals surface area contributed by atoms with E-state index in [1.54, 1.807) is 53.9 Å². The Hall–Kier alpha value is -1.98. The minimum Gasteiger partial charge on any atom is -0.359 e. The van der Waals surface area contributed by atoms with E-state index in [1.807, 2.05) is 5.38 Å². The molecule has 2 aromatic heterocycles. The SMILES string of the molecule is O=C(NCc1ccc(S(=O)(=O)N2CCC(Nc3nccs3)CC2)s1)c1ccc(Cl)cc1. The van der Waals surface area contributed by atoms with Gasteiger partial charge in [-0.1, -0.05) is 11.6 Å². The predicted molar refractivity (Wildman–Crippen MR) is 124 cm³/mol. The molecule has 4 rings (SSSR count). The van der Waals surface area contributed by atoms with Crippen LogP contribution in [0.4, 0.5) is 5.13 Å². The van der Waals surface area contributed by atoms with Crippen molar-refractivity contribution in [3.05, 3.63) is 63.4 Å². The molecule has 0 atom stereocenters. The molecule has 3 aromatic rings. The Morgan fingerprint density at radius 1 is 1.16 bits per heavy atom. The third kappa shape index (κ3) is 5.45. The van der Waals surface area contributed by atoms with Crippen LogP contribution in [0.3, 0.4) is 0 Å². The lowest BCUT2D eigenvalue weighted by Gasteiger charge is -2.31. The number of piperidine rings is 1. The fraction of sp³-hybridized carbons (Fsp3) is 0.300. The molecule has 1 fully saturated rings. The second-order valence-electron chi connectivity index (χ2n) is 7.07. The van der Waals surface area contributed by atoms with Crippen molar-refractivity contribution >= 4 is 55.3 Å². The molecule has 0 aliphatic carbocycles. The Kier molecular flexibility index (Phi) is 6.92. The summed E-state index contributed by atoms with van der Waals surface area (Å²) >= 11 is 8.57. The van der Waals surface area contributed by atoms with E-state index >= 15 is 0 Å². The number of carbonyl (C=O) groups excluding carboxylic acids is 1. The molecule has 0 radical (unpaired) electrons. The largest absolute Gasteiger partial charge is 0.359 e. The number of hydrogen-bond donors (Lipinski definition) is 2. The molecule has 2 N–H and O–H groups in total. The zero-order valence-corrected chi connectivity index (χ0v) is 19.7. The summed E-state index contributed by atoms with van der Waals surface area (Å²) in [7, 11) is -3.54. The number of sulfonamides is 1. The Bertz CT molecular complexity index is 1120. The van der Waals surface area contributed by atoms with Crippen LogP contribution in [-0.2, 0) is 16.6 Å². The molecule has 0 saturated carbocycles. The fourth-order valence-electron chi connectivity index (χ4n) is 3.30. The standard InChI is InChI=1S/C20H21ClN4O3S3/c21-15-3-1-14(2-4-15)19(26)23-13-17-5-6-18(30-17)31(27,28)25-10-7-16(8-11-25)24-20-22-9-12-29-20/h1-6,9,12,16H,7-8,10-11,13H2,(H,22,24)(H,23,26). The third-order valence-electron chi connectivity index (χ3n) is 4.97. The van der Waals surface area contributed by atoms with Crippen LogP contribution in [0.25, 0.3) is 0 Å². The molecular weight excluding hydrogens is 476 g/mol. The van der Waals surface area contributed by atoms with Gasteiger partial charge in [0.05, 0.1) is 6.54 Å². The van der Waals surface area contributed by atoms with Gasteiger partial charge in [0.15, 0.2) is 5.13 Å². The molecule has 31 heavy (non-hydrogen) atoms. The number of nitrogens with one attached hydrogen (secondary N) is 2. The summed E-state index contributed by atoms with van der Waals surface area (Å²) in [6.45, 7) is 1.19. The van der Waals surface area contributed by atoms with Gasteiger partial charge in [-0.3, -0.25) is 4.79 Å². The molecule has 0 unspecified atom stereocenters.